The van der Waals surface area contributed by atoms with Gasteiger partial charge in [-0.15, -0.1) is 0 Å². The van der Waals surface area contributed by atoms with E-state index in [1.807, 2.05) is 31.2 Å². The van der Waals surface area contributed by atoms with Crippen molar-refractivity contribution in [3.05, 3.63) is 47.8 Å². The molecule has 88 valence electrons. The normalized spacial score (nSPS) is 10.9. The molecule has 0 atom stereocenters. The molecule has 0 saturated heterocycles. The molecule has 0 spiro atoms. The van der Waals surface area contributed by atoms with Gasteiger partial charge in [-0.2, -0.15) is 0 Å². The van der Waals surface area contributed by atoms with E-state index < -0.39 is 5.97 Å². The fraction of sp³-hybridized carbons (Fsp3) is 0.0714. The fourth-order valence-corrected chi connectivity index (χ4v) is 1.98. The number of aromatic carboxylic acids is 1. The SMILES string of the molecule is Cc1ccc2ccc3ccc(C(=O)O)nc3c2n1. The molecule has 3 aromatic rings. The van der Waals surface area contributed by atoms with E-state index in [4.69, 9.17) is 5.11 Å². The Labute approximate surface area is 103 Å². The predicted molar refractivity (Wildman–Crippen MR) is 68.7 cm³/mol. The van der Waals surface area contributed by atoms with Gasteiger partial charge in [0.2, 0.25) is 0 Å². The van der Waals surface area contributed by atoms with Crippen LogP contribution >= 0.6 is 0 Å². The Morgan fingerprint density at radius 1 is 0.944 bits per heavy atom. The topological polar surface area (TPSA) is 63.1 Å². The van der Waals surface area contributed by atoms with Crippen molar-refractivity contribution < 1.29 is 9.90 Å². The molecule has 0 aliphatic carbocycles. The van der Waals surface area contributed by atoms with Gasteiger partial charge >= 0.3 is 5.97 Å². The minimum Gasteiger partial charge on any atom is -0.477 e. The first-order chi connectivity index (χ1) is 8.65. The Morgan fingerprint density at radius 3 is 2.17 bits per heavy atom. The molecule has 0 bridgehead atoms. The molecule has 18 heavy (non-hydrogen) atoms. The predicted octanol–water partition coefficient (Wildman–Crippen LogP) is 2.79. The number of rotatable bonds is 1. The van der Waals surface area contributed by atoms with E-state index in [0.717, 1.165) is 22.0 Å². The quantitative estimate of drug-likeness (QED) is 0.662. The van der Waals surface area contributed by atoms with Gasteiger partial charge in [-0.25, -0.2) is 9.78 Å². The van der Waals surface area contributed by atoms with Crippen LogP contribution < -0.4 is 0 Å². The van der Waals surface area contributed by atoms with Crippen LogP contribution in [-0.2, 0) is 0 Å². The second-order valence-electron chi connectivity index (χ2n) is 4.16. The molecule has 4 nitrogen and oxygen atoms in total. The van der Waals surface area contributed by atoms with Crippen LogP contribution in [0.3, 0.4) is 0 Å². The molecule has 1 N–H and O–H groups in total. The number of carboxylic acid groups (broad SMARTS) is 1. The van der Waals surface area contributed by atoms with Crippen molar-refractivity contribution in [3.8, 4) is 0 Å². The molecule has 0 saturated carbocycles. The Bertz CT molecular complexity index is 781. The lowest BCUT2D eigenvalue weighted by atomic mass is 10.1. The van der Waals surface area contributed by atoms with E-state index >= 15 is 0 Å². The number of nitrogens with zero attached hydrogens (tertiary/aromatic N) is 2. The third-order valence-corrected chi connectivity index (χ3v) is 2.88. The smallest absolute Gasteiger partial charge is 0.354 e. The van der Waals surface area contributed by atoms with Gasteiger partial charge in [-0.05, 0) is 19.1 Å². The first kappa shape index (κ1) is 10.7. The molecular formula is C14H10N2O2. The van der Waals surface area contributed by atoms with Crippen LogP contribution in [0, 0.1) is 6.92 Å². The summed E-state index contributed by atoms with van der Waals surface area (Å²) in [5.74, 6) is -1.03. The van der Waals surface area contributed by atoms with E-state index in [9.17, 15) is 4.79 Å². The maximum atomic E-state index is 11.0. The number of carboxylic acids is 1. The lowest BCUT2D eigenvalue weighted by Crippen LogP contribution is -2.00. The molecule has 0 unspecified atom stereocenters. The van der Waals surface area contributed by atoms with Crippen molar-refractivity contribution in [2.45, 2.75) is 6.92 Å². The van der Waals surface area contributed by atoms with Crippen molar-refractivity contribution in [1.82, 2.24) is 9.97 Å². The van der Waals surface area contributed by atoms with Crippen molar-refractivity contribution in [2.75, 3.05) is 0 Å². The lowest BCUT2D eigenvalue weighted by Gasteiger charge is -2.04. The molecule has 0 amide bonds. The highest BCUT2D eigenvalue weighted by Gasteiger charge is 2.08. The van der Waals surface area contributed by atoms with Gasteiger partial charge in [-0.1, -0.05) is 24.3 Å². The number of aromatic nitrogens is 2. The summed E-state index contributed by atoms with van der Waals surface area (Å²) >= 11 is 0. The molecule has 2 aromatic heterocycles. The molecule has 0 aliphatic rings. The molecule has 0 aliphatic heterocycles. The minimum absolute atomic E-state index is 0.0401. The van der Waals surface area contributed by atoms with Crippen LogP contribution in [0.1, 0.15) is 16.2 Å². The van der Waals surface area contributed by atoms with Gasteiger partial charge in [0.15, 0.2) is 0 Å². The first-order valence-corrected chi connectivity index (χ1v) is 5.55. The monoisotopic (exact) mass is 238 g/mol. The Kier molecular flexibility index (Phi) is 2.23. The molecule has 3 rings (SSSR count). The zero-order chi connectivity index (χ0) is 12.7. The Balaban J connectivity index is 2.46. The molecular weight excluding hydrogens is 228 g/mol. The number of carbonyl (C=O) groups is 1. The summed E-state index contributed by atoms with van der Waals surface area (Å²) in [6, 6.07) is 11.0. The molecule has 0 fully saturated rings. The van der Waals surface area contributed by atoms with Crippen LogP contribution in [0.15, 0.2) is 36.4 Å². The van der Waals surface area contributed by atoms with Gasteiger partial charge in [0.05, 0.1) is 11.0 Å². The van der Waals surface area contributed by atoms with Crippen LogP contribution in [0.2, 0.25) is 0 Å². The fourth-order valence-electron chi connectivity index (χ4n) is 1.98. The third kappa shape index (κ3) is 1.59. The zero-order valence-corrected chi connectivity index (χ0v) is 9.71. The summed E-state index contributed by atoms with van der Waals surface area (Å²) in [5.41, 5.74) is 2.31. The van der Waals surface area contributed by atoms with Crippen LogP contribution in [0.5, 0.6) is 0 Å². The number of benzene rings is 1. The molecule has 2 heterocycles. The lowest BCUT2D eigenvalue weighted by molar-refractivity contribution is 0.0691. The van der Waals surface area contributed by atoms with E-state index in [-0.39, 0.29) is 5.69 Å². The van der Waals surface area contributed by atoms with Gasteiger partial charge in [0, 0.05) is 16.5 Å². The van der Waals surface area contributed by atoms with Gasteiger partial charge < -0.3 is 5.11 Å². The Hall–Kier alpha value is -2.49. The summed E-state index contributed by atoms with van der Waals surface area (Å²) in [4.78, 5) is 19.6. The Morgan fingerprint density at radius 2 is 1.50 bits per heavy atom. The molecule has 1 aromatic carbocycles. The van der Waals surface area contributed by atoms with Crippen molar-refractivity contribution in [3.63, 3.8) is 0 Å². The summed E-state index contributed by atoms with van der Waals surface area (Å²) < 4.78 is 0. The standard InChI is InChI=1S/C14H10N2O2/c1-8-2-3-9-4-5-10-6-7-11(14(17)18)16-13(10)12(9)15-8/h2-7H,1H3,(H,17,18). The van der Waals surface area contributed by atoms with Crippen molar-refractivity contribution >= 4 is 27.8 Å². The largest absolute Gasteiger partial charge is 0.477 e. The molecule has 0 radical (unpaired) electrons. The first-order valence-electron chi connectivity index (χ1n) is 5.55. The number of pyridine rings is 2. The second-order valence-corrected chi connectivity index (χ2v) is 4.16. The third-order valence-electron chi connectivity index (χ3n) is 2.88. The summed E-state index contributed by atoms with van der Waals surface area (Å²) in [5, 5.41) is 10.8. The van der Waals surface area contributed by atoms with Gasteiger partial charge in [0.25, 0.3) is 0 Å². The maximum Gasteiger partial charge on any atom is 0.354 e. The zero-order valence-electron chi connectivity index (χ0n) is 9.71. The highest BCUT2D eigenvalue weighted by Crippen LogP contribution is 2.22. The van der Waals surface area contributed by atoms with Crippen molar-refractivity contribution in [2.24, 2.45) is 0 Å². The average molecular weight is 238 g/mol. The highest BCUT2D eigenvalue weighted by molar-refractivity contribution is 6.04. The van der Waals surface area contributed by atoms with Crippen LogP contribution in [0.4, 0.5) is 0 Å². The maximum absolute atomic E-state index is 11.0. The number of hydrogen-bond acceptors (Lipinski definition) is 3. The van der Waals surface area contributed by atoms with E-state index in [1.165, 1.54) is 6.07 Å². The highest BCUT2D eigenvalue weighted by atomic mass is 16.4. The van der Waals surface area contributed by atoms with Gasteiger partial charge in [0.1, 0.15) is 5.69 Å². The van der Waals surface area contributed by atoms with E-state index in [2.05, 4.69) is 9.97 Å². The second kappa shape index (κ2) is 3.77. The van der Waals surface area contributed by atoms with E-state index in [1.54, 1.807) is 6.07 Å². The van der Waals surface area contributed by atoms with Crippen LogP contribution in [0.25, 0.3) is 21.8 Å². The van der Waals surface area contributed by atoms with Crippen molar-refractivity contribution in [1.29, 1.82) is 0 Å². The average Bonchev–Trinajstić information content (AvgIpc) is 2.37. The van der Waals surface area contributed by atoms with E-state index in [0.29, 0.717) is 5.52 Å². The van der Waals surface area contributed by atoms with Gasteiger partial charge in [-0.3, -0.25) is 4.98 Å². The number of aryl methyl sites for hydroxylation is 1. The summed E-state index contributed by atoms with van der Waals surface area (Å²) in [7, 11) is 0. The summed E-state index contributed by atoms with van der Waals surface area (Å²) in [6.07, 6.45) is 0. The minimum atomic E-state index is -1.03. The number of hydrogen-bond donors (Lipinski definition) is 1. The van der Waals surface area contributed by atoms with Crippen LogP contribution in [-0.4, -0.2) is 21.0 Å². The summed E-state index contributed by atoms with van der Waals surface area (Å²) in [6.45, 7) is 1.90. The molecule has 4 heteroatoms. The number of fused-ring (bicyclic) bond motifs is 3.